The molecule has 2 aromatic rings. The number of nitrogens with zero attached hydrogens (tertiary/aromatic N) is 1. The summed E-state index contributed by atoms with van der Waals surface area (Å²) < 4.78 is 0. The number of anilines is 1. The Morgan fingerprint density at radius 3 is 2.89 bits per heavy atom. The van der Waals surface area contributed by atoms with Crippen LogP contribution in [0.2, 0.25) is 0 Å². The number of rotatable bonds is 4. The zero-order valence-corrected chi connectivity index (χ0v) is 11.4. The van der Waals surface area contributed by atoms with E-state index in [2.05, 4.69) is 15.5 Å². The Kier molecular flexibility index (Phi) is 3.66. The predicted molar refractivity (Wildman–Crippen MR) is 73.5 cm³/mol. The van der Waals surface area contributed by atoms with E-state index in [1.165, 1.54) is 11.3 Å². The first-order valence-corrected chi connectivity index (χ1v) is 6.65. The molecule has 0 aliphatic heterocycles. The molecule has 7 heteroatoms. The molecular formula is C12H14N4O2S. The molecule has 0 radical (unpaired) electrons. The second-order valence-corrected chi connectivity index (χ2v) is 4.94. The lowest BCUT2D eigenvalue weighted by Gasteiger charge is -2.05. The van der Waals surface area contributed by atoms with E-state index < -0.39 is 5.91 Å². The SMILES string of the molecule is CCc1ccsc1C(=O)Nc1c(C(N)=O)n[nH]c1C. The van der Waals surface area contributed by atoms with Gasteiger partial charge in [-0.1, -0.05) is 6.92 Å². The van der Waals surface area contributed by atoms with Crippen molar-refractivity contribution in [1.82, 2.24) is 10.2 Å². The molecular weight excluding hydrogens is 264 g/mol. The fourth-order valence-electron chi connectivity index (χ4n) is 1.74. The molecule has 4 N–H and O–H groups in total. The molecule has 0 aromatic carbocycles. The molecule has 6 nitrogen and oxygen atoms in total. The second-order valence-electron chi connectivity index (χ2n) is 4.02. The molecule has 0 bridgehead atoms. The Hall–Kier alpha value is -2.15. The van der Waals surface area contributed by atoms with Crippen molar-refractivity contribution < 1.29 is 9.59 Å². The number of hydrogen-bond acceptors (Lipinski definition) is 4. The number of carbonyl (C=O) groups is 2. The summed E-state index contributed by atoms with van der Waals surface area (Å²) in [6.07, 6.45) is 0.777. The monoisotopic (exact) mass is 278 g/mol. The lowest BCUT2D eigenvalue weighted by atomic mass is 10.2. The fourth-order valence-corrected chi connectivity index (χ4v) is 2.63. The highest BCUT2D eigenvalue weighted by atomic mass is 32.1. The van der Waals surface area contributed by atoms with Gasteiger partial charge in [0, 0.05) is 0 Å². The Morgan fingerprint density at radius 1 is 1.53 bits per heavy atom. The highest BCUT2D eigenvalue weighted by Gasteiger charge is 2.19. The third-order valence-electron chi connectivity index (χ3n) is 2.75. The second kappa shape index (κ2) is 5.23. The van der Waals surface area contributed by atoms with Gasteiger partial charge >= 0.3 is 0 Å². The third-order valence-corrected chi connectivity index (χ3v) is 3.71. The van der Waals surface area contributed by atoms with E-state index in [0.717, 1.165) is 12.0 Å². The van der Waals surface area contributed by atoms with Gasteiger partial charge in [0.25, 0.3) is 11.8 Å². The van der Waals surface area contributed by atoms with E-state index in [4.69, 9.17) is 5.73 Å². The van der Waals surface area contributed by atoms with E-state index in [0.29, 0.717) is 16.3 Å². The summed E-state index contributed by atoms with van der Waals surface area (Å²) in [5.74, 6) is -0.930. The summed E-state index contributed by atoms with van der Waals surface area (Å²) in [7, 11) is 0. The predicted octanol–water partition coefficient (Wildman–Crippen LogP) is 1.69. The van der Waals surface area contributed by atoms with Gasteiger partial charge in [0.1, 0.15) is 0 Å². The van der Waals surface area contributed by atoms with Crippen LogP contribution in [0.5, 0.6) is 0 Å². The van der Waals surface area contributed by atoms with Crippen molar-refractivity contribution in [3.8, 4) is 0 Å². The molecule has 0 atom stereocenters. The molecule has 19 heavy (non-hydrogen) atoms. The number of aromatic amines is 1. The quantitative estimate of drug-likeness (QED) is 0.793. The Balaban J connectivity index is 2.29. The highest BCUT2D eigenvalue weighted by molar-refractivity contribution is 7.12. The van der Waals surface area contributed by atoms with Gasteiger partial charge in [-0.15, -0.1) is 11.3 Å². The molecule has 2 aromatic heterocycles. The normalized spacial score (nSPS) is 10.4. The summed E-state index contributed by atoms with van der Waals surface area (Å²) in [5, 5.41) is 11.0. The number of hydrogen-bond donors (Lipinski definition) is 3. The van der Waals surface area contributed by atoms with E-state index in [9.17, 15) is 9.59 Å². The lowest BCUT2D eigenvalue weighted by molar-refractivity contribution is 0.0996. The molecule has 0 fully saturated rings. The van der Waals surface area contributed by atoms with Gasteiger partial charge in [0.05, 0.1) is 16.3 Å². The number of aromatic nitrogens is 2. The molecule has 0 saturated heterocycles. The Labute approximate surface area is 114 Å². The smallest absolute Gasteiger partial charge is 0.271 e. The van der Waals surface area contributed by atoms with E-state index >= 15 is 0 Å². The van der Waals surface area contributed by atoms with Crippen molar-refractivity contribution in [1.29, 1.82) is 0 Å². The van der Waals surface area contributed by atoms with Crippen molar-refractivity contribution in [2.75, 3.05) is 5.32 Å². The molecule has 0 aliphatic rings. The average molecular weight is 278 g/mol. The summed E-state index contributed by atoms with van der Waals surface area (Å²) in [5.41, 5.74) is 7.16. The Morgan fingerprint density at radius 2 is 2.26 bits per heavy atom. The number of primary amides is 1. The standard InChI is InChI=1S/C12H14N4O2S/c1-3-7-4-5-19-10(7)12(18)14-8-6(2)15-16-9(8)11(13)17/h4-5H,3H2,1-2H3,(H2,13,17)(H,14,18)(H,15,16). The summed E-state index contributed by atoms with van der Waals surface area (Å²) in [6.45, 7) is 3.70. The maximum absolute atomic E-state index is 12.2. The lowest BCUT2D eigenvalue weighted by Crippen LogP contribution is -2.18. The number of nitrogens with two attached hydrogens (primary N) is 1. The van der Waals surface area contributed by atoms with Crippen LogP contribution < -0.4 is 11.1 Å². The summed E-state index contributed by atoms with van der Waals surface area (Å²) >= 11 is 1.37. The maximum atomic E-state index is 12.2. The number of H-pyrrole nitrogens is 1. The van der Waals surface area contributed by atoms with Crippen LogP contribution in [0.15, 0.2) is 11.4 Å². The van der Waals surface area contributed by atoms with Gasteiger partial charge in [-0.25, -0.2) is 0 Å². The molecule has 2 amide bonds. The van der Waals surface area contributed by atoms with Crippen molar-refractivity contribution in [3.63, 3.8) is 0 Å². The van der Waals surface area contributed by atoms with Crippen molar-refractivity contribution >= 4 is 28.8 Å². The van der Waals surface area contributed by atoms with Crippen LogP contribution in [0.3, 0.4) is 0 Å². The Bertz CT molecular complexity index is 629. The molecule has 0 unspecified atom stereocenters. The van der Waals surface area contributed by atoms with Gasteiger partial charge in [-0.2, -0.15) is 5.10 Å². The van der Waals surface area contributed by atoms with E-state index in [1.807, 2.05) is 18.4 Å². The number of carbonyl (C=O) groups excluding carboxylic acids is 2. The number of thiophene rings is 1. The van der Waals surface area contributed by atoms with Crippen LogP contribution in [-0.4, -0.2) is 22.0 Å². The molecule has 100 valence electrons. The molecule has 0 spiro atoms. The number of aryl methyl sites for hydroxylation is 2. The van der Waals surface area contributed by atoms with Crippen LogP contribution in [-0.2, 0) is 6.42 Å². The first-order valence-electron chi connectivity index (χ1n) is 5.77. The van der Waals surface area contributed by atoms with Gasteiger partial charge in [0.2, 0.25) is 0 Å². The number of nitrogens with one attached hydrogen (secondary N) is 2. The van der Waals surface area contributed by atoms with E-state index in [1.54, 1.807) is 6.92 Å². The highest BCUT2D eigenvalue weighted by Crippen LogP contribution is 2.22. The third kappa shape index (κ3) is 2.50. The molecule has 0 saturated carbocycles. The zero-order chi connectivity index (χ0) is 14.0. The average Bonchev–Trinajstić information content (AvgIpc) is 2.96. The van der Waals surface area contributed by atoms with E-state index in [-0.39, 0.29) is 11.6 Å². The molecule has 2 heterocycles. The van der Waals surface area contributed by atoms with Gasteiger partial charge in [0.15, 0.2) is 5.69 Å². The number of amides is 2. The van der Waals surface area contributed by atoms with Crippen LogP contribution in [0.1, 0.15) is 38.3 Å². The van der Waals surface area contributed by atoms with Crippen LogP contribution in [0, 0.1) is 6.92 Å². The summed E-state index contributed by atoms with van der Waals surface area (Å²) in [6, 6.07) is 1.91. The minimum atomic E-state index is -0.679. The van der Waals surface area contributed by atoms with Crippen LogP contribution >= 0.6 is 11.3 Å². The molecule has 2 rings (SSSR count). The zero-order valence-electron chi connectivity index (χ0n) is 10.6. The topological polar surface area (TPSA) is 101 Å². The minimum Gasteiger partial charge on any atom is -0.364 e. The minimum absolute atomic E-state index is 0.0421. The van der Waals surface area contributed by atoms with Crippen LogP contribution in [0.25, 0.3) is 0 Å². The van der Waals surface area contributed by atoms with Gasteiger partial charge in [-0.05, 0) is 30.4 Å². The van der Waals surface area contributed by atoms with Crippen LogP contribution in [0.4, 0.5) is 5.69 Å². The first-order chi connectivity index (χ1) is 9.04. The first kappa shape index (κ1) is 13.3. The van der Waals surface area contributed by atoms with Gasteiger partial charge < -0.3 is 11.1 Å². The van der Waals surface area contributed by atoms with Crippen molar-refractivity contribution in [2.45, 2.75) is 20.3 Å². The fraction of sp³-hybridized carbons (Fsp3) is 0.250. The maximum Gasteiger partial charge on any atom is 0.271 e. The van der Waals surface area contributed by atoms with Gasteiger partial charge in [-0.3, -0.25) is 14.7 Å². The molecule has 0 aliphatic carbocycles. The van der Waals surface area contributed by atoms with Crippen molar-refractivity contribution in [2.24, 2.45) is 5.73 Å². The largest absolute Gasteiger partial charge is 0.364 e. The van der Waals surface area contributed by atoms with Crippen molar-refractivity contribution in [3.05, 3.63) is 33.3 Å². The summed E-state index contributed by atoms with van der Waals surface area (Å²) in [4.78, 5) is 24.0.